The van der Waals surface area contributed by atoms with Crippen molar-refractivity contribution in [3.05, 3.63) is 82.8 Å². The minimum absolute atomic E-state index is 0.0751. The number of benzene rings is 1. The van der Waals surface area contributed by atoms with Gasteiger partial charge >= 0.3 is 0 Å². The molecule has 1 aromatic carbocycles. The summed E-state index contributed by atoms with van der Waals surface area (Å²) in [5, 5.41) is 8.88. The zero-order chi connectivity index (χ0) is 18.6. The van der Waals surface area contributed by atoms with Crippen molar-refractivity contribution in [3.8, 4) is 0 Å². The Morgan fingerprint density at radius 2 is 1.96 bits per heavy atom. The Morgan fingerprint density at radius 3 is 2.67 bits per heavy atom. The van der Waals surface area contributed by atoms with Crippen LogP contribution in [-0.4, -0.2) is 27.4 Å². The quantitative estimate of drug-likeness (QED) is 0.646. The van der Waals surface area contributed by atoms with E-state index in [1.54, 1.807) is 17.5 Å². The molecule has 2 aromatic heterocycles. The van der Waals surface area contributed by atoms with E-state index in [-0.39, 0.29) is 24.5 Å². The summed E-state index contributed by atoms with van der Waals surface area (Å²) >= 11 is 7.22. The summed E-state index contributed by atoms with van der Waals surface area (Å²) in [6.45, 7) is 0.173. The highest BCUT2D eigenvalue weighted by atomic mass is 32.1. The van der Waals surface area contributed by atoms with Crippen molar-refractivity contribution in [2.75, 3.05) is 11.9 Å². The van der Waals surface area contributed by atoms with Gasteiger partial charge in [0, 0.05) is 16.8 Å². The number of anilines is 1. The van der Waals surface area contributed by atoms with Crippen LogP contribution >= 0.6 is 23.6 Å². The summed E-state index contributed by atoms with van der Waals surface area (Å²) in [6.07, 6.45) is 1.77. The molecular formula is C20H18N4OS2. The van der Waals surface area contributed by atoms with Gasteiger partial charge in [-0.1, -0.05) is 30.3 Å². The molecule has 0 unspecified atom stereocenters. The third-order valence-corrected chi connectivity index (χ3v) is 5.70. The summed E-state index contributed by atoms with van der Waals surface area (Å²) < 4.78 is 0. The normalized spacial score (nSPS) is 19.0. The third-order valence-electron chi connectivity index (χ3n) is 4.40. The van der Waals surface area contributed by atoms with Crippen LogP contribution in [-0.2, 0) is 4.79 Å². The van der Waals surface area contributed by atoms with E-state index < -0.39 is 0 Å². The van der Waals surface area contributed by atoms with Gasteiger partial charge in [-0.25, -0.2) is 0 Å². The summed E-state index contributed by atoms with van der Waals surface area (Å²) in [5.74, 6) is -0.103. The van der Waals surface area contributed by atoms with E-state index in [1.165, 1.54) is 0 Å². The van der Waals surface area contributed by atoms with Gasteiger partial charge in [-0.2, -0.15) is 0 Å². The number of rotatable bonds is 5. The molecule has 3 aromatic rings. The number of hydrogen-bond donors (Lipinski definition) is 2. The summed E-state index contributed by atoms with van der Waals surface area (Å²) in [7, 11) is 0. The monoisotopic (exact) mass is 394 g/mol. The molecule has 1 aliphatic heterocycles. The van der Waals surface area contributed by atoms with Gasteiger partial charge in [-0.15, -0.1) is 11.3 Å². The molecule has 1 saturated heterocycles. The molecule has 2 atom stereocenters. The number of thiocarbonyl (C=S) groups is 1. The maximum atomic E-state index is 12.6. The van der Waals surface area contributed by atoms with Gasteiger partial charge in [0.05, 0.1) is 17.8 Å². The molecule has 0 spiro atoms. The summed E-state index contributed by atoms with van der Waals surface area (Å²) in [4.78, 5) is 20.2. The van der Waals surface area contributed by atoms with Gasteiger partial charge in [0.25, 0.3) is 0 Å². The number of carbonyl (C=O) groups is 1. The number of amides is 1. The second-order valence-corrected chi connectivity index (χ2v) is 7.55. The van der Waals surface area contributed by atoms with Crippen LogP contribution in [0.25, 0.3) is 0 Å². The van der Waals surface area contributed by atoms with Crippen LogP contribution in [0.2, 0.25) is 0 Å². The lowest BCUT2D eigenvalue weighted by Crippen LogP contribution is -2.36. The lowest BCUT2D eigenvalue weighted by atomic mass is 10.0. The van der Waals surface area contributed by atoms with Crippen LogP contribution in [0.5, 0.6) is 0 Å². The van der Waals surface area contributed by atoms with Crippen LogP contribution < -0.4 is 10.6 Å². The van der Waals surface area contributed by atoms with Crippen molar-refractivity contribution in [2.24, 2.45) is 0 Å². The second-order valence-electron chi connectivity index (χ2n) is 6.18. The van der Waals surface area contributed by atoms with E-state index in [4.69, 9.17) is 12.2 Å². The fraction of sp³-hybridized carbons (Fsp3) is 0.150. The van der Waals surface area contributed by atoms with Crippen molar-refractivity contribution in [1.29, 1.82) is 0 Å². The van der Waals surface area contributed by atoms with E-state index in [0.717, 1.165) is 16.3 Å². The van der Waals surface area contributed by atoms with Crippen LogP contribution in [0.1, 0.15) is 22.7 Å². The maximum absolute atomic E-state index is 12.6. The fourth-order valence-electron chi connectivity index (χ4n) is 3.22. The van der Waals surface area contributed by atoms with Crippen molar-refractivity contribution < 1.29 is 4.79 Å². The predicted molar refractivity (Wildman–Crippen MR) is 112 cm³/mol. The molecule has 3 heterocycles. The average molecular weight is 395 g/mol. The SMILES string of the molecule is O=C(CN1C(=S)N[C@@H](c2ccccn2)[C@H]1c1cccs1)Nc1ccccc1. The van der Waals surface area contributed by atoms with Crippen LogP contribution in [0.3, 0.4) is 0 Å². The Hall–Kier alpha value is -2.77. The maximum Gasteiger partial charge on any atom is 0.244 e. The van der Waals surface area contributed by atoms with E-state index in [1.807, 2.05) is 64.9 Å². The second kappa shape index (κ2) is 7.85. The Balaban J connectivity index is 1.58. The number of nitrogens with one attached hydrogen (secondary N) is 2. The standard InChI is InChI=1S/C20H18N4OS2/c25-17(22-14-7-2-1-3-8-14)13-24-19(16-10-6-12-27-16)18(23-20(24)26)15-9-4-5-11-21-15/h1-12,18-19H,13H2,(H,22,25)(H,23,26)/t18-,19+/m0/s1. The molecule has 1 amide bonds. The first-order chi connectivity index (χ1) is 13.2. The molecule has 5 nitrogen and oxygen atoms in total. The zero-order valence-corrected chi connectivity index (χ0v) is 16.0. The summed E-state index contributed by atoms with van der Waals surface area (Å²) in [6, 6.07) is 19.2. The number of pyridine rings is 1. The molecule has 7 heteroatoms. The molecule has 0 aliphatic carbocycles. The molecule has 1 aliphatic rings. The molecule has 2 N–H and O–H groups in total. The van der Waals surface area contributed by atoms with Crippen molar-refractivity contribution in [3.63, 3.8) is 0 Å². The average Bonchev–Trinajstić information content (AvgIpc) is 3.32. The van der Waals surface area contributed by atoms with Crippen LogP contribution in [0, 0.1) is 0 Å². The Labute approximate surface area is 167 Å². The smallest absolute Gasteiger partial charge is 0.244 e. The van der Waals surface area contributed by atoms with Gasteiger partial charge in [0.1, 0.15) is 6.54 Å². The topological polar surface area (TPSA) is 57.3 Å². The van der Waals surface area contributed by atoms with Crippen molar-refractivity contribution in [1.82, 2.24) is 15.2 Å². The van der Waals surface area contributed by atoms with Gasteiger partial charge in [0.2, 0.25) is 5.91 Å². The summed E-state index contributed by atoms with van der Waals surface area (Å²) in [5.41, 5.74) is 1.68. The number of aromatic nitrogens is 1. The number of hydrogen-bond acceptors (Lipinski definition) is 4. The van der Waals surface area contributed by atoms with Gasteiger partial charge < -0.3 is 15.5 Å². The van der Waals surface area contributed by atoms with Gasteiger partial charge in [0.15, 0.2) is 5.11 Å². The van der Waals surface area contributed by atoms with E-state index in [2.05, 4.69) is 21.7 Å². The molecule has 0 bridgehead atoms. The van der Waals surface area contributed by atoms with E-state index >= 15 is 0 Å². The molecule has 4 rings (SSSR count). The highest BCUT2D eigenvalue weighted by Crippen LogP contribution is 2.40. The highest BCUT2D eigenvalue weighted by Gasteiger charge is 2.41. The molecule has 0 radical (unpaired) electrons. The number of carbonyl (C=O) groups excluding carboxylic acids is 1. The first kappa shape index (κ1) is 17.6. The Bertz CT molecular complexity index is 916. The van der Waals surface area contributed by atoms with E-state index in [9.17, 15) is 4.79 Å². The molecule has 27 heavy (non-hydrogen) atoms. The number of thiophene rings is 1. The zero-order valence-electron chi connectivity index (χ0n) is 14.4. The molecule has 0 saturated carbocycles. The lowest BCUT2D eigenvalue weighted by Gasteiger charge is -2.26. The third kappa shape index (κ3) is 3.84. The molecule has 1 fully saturated rings. The highest BCUT2D eigenvalue weighted by molar-refractivity contribution is 7.80. The lowest BCUT2D eigenvalue weighted by molar-refractivity contribution is -0.116. The minimum Gasteiger partial charge on any atom is -0.352 e. The molecular weight excluding hydrogens is 376 g/mol. The largest absolute Gasteiger partial charge is 0.352 e. The first-order valence-corrected chi connectivity index (χ1v) is 9.87. The fourth-order valence-corrected chi connectivity index (χ4v) is 4.40. The van der Waals surface area contributed by atoms with Crippen LogP contribution in [0.4, 0.5) is 5.69 Å². The van der Waals surface area contributed by atoms with Crippen LogP contribution in [0.15, 0.2) is 72.2 Å². The van der Waals surface area contributed by atoms with Gasteiger partial charge in [-0.05, 0) is 47.9 Å². The van der Waals surface area contributed by atoms with E-state index in [0.29, 0.717) is 5.11 Å². The Morgan fingerprint density at radius 1 is 1.15 bits per heavy atom. The number of nitrogens with zero attached hydrogens (tertiary/aromatic N) is 2. The van der Waals surface area contributed by atoms with Gasteiger partial charge in [-0.3, -0.25) is 9.78 Å². The number of para-hydroxylation sites is 1. The molecule has 136 valence electrons. The Kier molecular flexibility index (Phi) is 5.13. The first-order valence-electron chi connectivity index (χ1n) is 8.59. The predicted octanol–water partition coefficient (Wildman–Crippen LogP) is 3.75. The van der Waals surface area contributed by atoms with Crippen molar-refractivity contribution >= 4 is 40.3 Å². The van der Waals surface area contributed by atoms with Crippen molar-refractivity contribution in [2.45, 2.75) is 12.1 Å². The minimum atomic E-state index is -0.103.